The molecule has 0 aliphatic carbocycles. The van der Waals surface area contributed by atoms with Gasteiger partial charge in [0, 0.05) is 6.42 Å². The molecule has 3 rings (SSSR count). The van der Waals surface area contributed by atoms with Crippen LogP contribution in [0.4, 0.5) is 13.2 Å². The van der Waals surface area contributed by atoms with Gasteiger partial charge < -0.3 is 10.1 Å². The van der Waals surface area contributed by atoms with E-state index in [4.69, 9.17) is 27.9 Å². The molecular formula is C19H14Cl2F3NO2. The van der Waals surface area contributed by atoms with Gasteiger partial charge in [0.15, 0.2) is 10.1 Å². The summed E-state index contributed by atoms with van der Waals surface area (Å²) in [6.07, 6.45) is -3.85. The van der Waals surface area contributed by atoms with E-state index in [0.717, 1.165) is 17.7 Å². The number of hydrogen-bond donors (Lipinski definition) is 1. The van der Waals surface area contributed by atoms with Crippen LogP contribution in [-0.2, 0) is 22.1 Å². The van der Waals surface area contributed by atoms with Crippen molar-refractivity contribution in [3.8, 4) is 0 Å². The molecule has 1 aliphatic heterocycles. The van der Waals surface area contributed by atoms with E-state index >= 15 is 0 Å². The Bertz CT molecular complexity index is 850. The summed E-state index contributed by atoms with van der Waals surface area (Å²) in [6.45, 7) is 0. The monoisotopic (exact) mass is 415 g/mol. The molecule has 1 heterocycles. The van der Waals surface area contributed by atoms with E-state index in [0.29, 0.717) is 5.56 Å². The molecule has 2 aromatic rings. The van der Waals surface area contributed by atoms with Crippen LogP contribution in [-0.4, -0.2) is 16.5 Å². The van der Waals surface area contributed by atoms with E-state index in [1.54, 1.807) is 0 Å². The van der Waals surface area contributed by atoms with E-state index in [2.05, 4.69) is 5.32 Å². The molecule has 0 radical (unpaired) electrons. The van der Waals surface area contributed by atoms with Crippen molar-refractivity contribution in [1.29, 1.82) is 0 Å². The molecular weight excluding hydrogens is 402 g/mol. The molecule has 27 heavy (non-hydrogen) atoms. The highest BCUT2D eigenvalue weighted by atomic mass is 35.5. The quantitative estimate of drug-likeness (QED) is 0.567. The SMILES string of the molecule is O=C1NC(C(Cl)(Cl)Cc2ccccc2)OC1=Cc1ccc(C(F)(F)F)cc1. The van der Waals surface area contributed by atoms with E-state index in [1.807, 2.05) is 30.3 Å². The van der Waals surface area contributed by atoms with Gasteiger partial charge in [-0.25, -0.2) is 0 Å². The van der Waals surface area contributed by atoms with Crippen LogP contribution in [0.5, 0.6) is 0 Å². The summed E-state index contributed by atoms with van der Waals surface area (Å²) in [5.41, 5.74) is 0.467. The number of carbonyl (C=O) groups excluding carboxylic acids is 1. The van der Waals surface area contributed by atoms with Gasteiger partial charge in [-0.2, -0.15) is 13.2 Å². The average Bonchev–Trinajstić information content (AvgIpc) is 2.97. The Balaban J connectivity index is 1.74. The number of rotatable bonds is 4. The zero-order valence-electron chi connectivity index (χ0n) is 13.8. The highest BCUT2D eigenvalue weighted by molar-refractivity contribution is 6.49. The molecule has 0 spiro atoms. The molecule has 0 aromatic heterocycles. The summed E-state index contributed by atoms with van der Waals surface area (Å²) in [5, 5.41) is 2.55. The van der Waals surface area contributed by atoms with Gasteiger partial charge in [0.2, 0.25) is 6.23 Å². The van der Waals surface area contributed by atoms with Crippen LogP contribution in [0.15, 0.2) is 60.4 Å². The normalized spacial score (nSPS) is 19.1. The second kappa shape index (κ2) is 7.44. The molecule has 142 valence electrons. The van der Waals surface area contributed by atoms with Crippen LogP contribution in [0.3, 0.4) is 0 Å². The van der Waals surface area contributed by atoms with Crippen molar-refractivity contribution in [1.82, 2.24) is 5.32 Å². The first-order valence-corrected chi connectivity index (χ1v) is 8.69. The lowest BCUT2D eigenvalue weighted by Gasteiger charge is -2.25. The predicted molar refractivity (Wildman–Crippen MR) is 97.0 cm³/mol. The molecule has 1 fully saturated rings. The summed E-state index contributed by atoms with van der Waals surface area (Å²) >= 11 is 12.7. The fraction of sp³-hybridized carbons (Fsp3) is 0.211. The van der Waals surface area contributed by atoms with E-state index in [-0.39, 0.29) is 12.2 Å². The van der Waals surface area contributed by atoms with Gasteiger partial charge >= 0.3 is 6.18 Å². The van der Waals surface area contributed by atoms with Gasteiger partial charge in [0.1, 0.15) is 0 Å². The first kappa shape index (κ1) is 19.6. The third-order valence-corrected chi connectivity index (χ3v) is 4.60. The minimum atomic E-state index is -4.42. The summed E-state index contributed by atoms with van der Waals surface area (Å²) in [6, 6.07) is 13.6. The minimum absolute atomic E-state index is 0.0708. The Morgan fingerprint density at radius 1 is 1.04 bits per heavy atom. The van der Waals surface area contributed by atoms with Crippen LogP contribution in [0.2, 0.25) is 0 Å². The Morgan fingerprint density at radius 2 is 1.67 bits per heavy atom. The fourth-order valence-corrected chi connectivity index (χ4v) is 3.08. The summed E-state index contributed by atoms with van der Waals surface area (Å²) in [4.78, 5) is 12.1. The lowest BCUT2D eigenvalue weighted by Crippen LogP contribution is -2.42. The largest absolute Gasteiger partial charge is 0.462 e. The van der Waals surface area contributed by atoms with Crippen LogP contribution in [0.1, 0.15) is 16.7 Å². The topological polar surface area (TPSA) is 38.3 Å². The van der Waals surface area contributed by atoms with E-state index in [9.17, 15) is 18.0 Å². The fourth-order valence-electron chi connectivity index (χ4n) is 2.57. The Labute approximate surface area is 163 Å². The lowest BCUT2D eigenvalue weighted by atomic mass is 10.1. The van der Waals surface area contributed by atoms with Crippen LogP contribution >= 0.6 is 23.2 Å². The van der Waals surface area contributed by atoms with Crippen LogP contribution < -0.4 is 5.32 Å². The van der Waals surface area contributed by atoms with Crippen molar-refractivity contribution in [2.24, 2.45) is 0 Å². The molecule has 1 unspecified atom stereocenters. The number of hydrogen-bond acceptors (Lipinski definition) is 2. The molecule has 1 amide bonds. The van der Waals surface area contributed by atoms with Gasteiger partial charge in [0.05, 0.1) is 5.56 Å². The zero-order valence-corrected chi connectivity index (χ0v) is 15.3. The second-order valence-corrected chi connectivity index (χ2v) is 7.57. The molecule has 1 aliphatic rings. The van der Waals surface area contributed by atoms with Crippen molar-refractivity contribution >= 4 is 35.2 Å². The van der Waals surface area contributed by atoms with Crippen LogP contribution in [0, 0.1) is 0 Å². The number of nitrogens with one attached hydrogen (secondary N) is 1. The summed E-state index contributed by atoms with van der Waals surface area (Å²) in [7, 11) is 0. The number of benzene rings is 2. The molecule has 0 bridgehead atoms. The summed E-state index contributed by atoms with van der Waals surface area (Å²) in [5.74, 6) is -0.614. The van der Waals surface area contributed by atoms with Crippen molar-refractivity contribution in [2.45, 2.75) is 23.2 Å². The second-order valence-electron chi connectivity index (χ2n) is 6.02. The first-order chi connectivity index (χ1) is 12.6. The molecule has 1 atom stereocenters. The van der Waals surface area contributed by atoms with Gasteiger partial charge in [-0.15, -0.1) is 0 Å². The maximum absolute atomic E-state index is 12.6. The maximum atomic E-state index is 12.6. The van der Waals surface area contributed by atoms with Crippen LogP contribution in [0.25, 0.3) is 6.08 Å². The lowest BCUT2D eigenvalue weighted by molar-refractivity contribution is -0.137. The Kier molecular flexibility index (Phi) is 5.40. The number of alkyl halides is 5. The molecule has 2 aromatic carbocycles. The molecule has 1 saturated heterocycles. The number of ether oxygens (including phenoxy) is 1. The average molecular weight is 416 g/mol. The van der Waals surface area contributed by atoms with E-state index < -0.39 is 28.2 Å². The molecule has 8 heteroatoms. The number of halogens is 5. The molecule has 0 saturated carbocycles. The van der Waals surface area contributed by atoms with Crippen molar-refractivity contribution in [2.75, 3.05) is 0 Å². The molecule has 1 N–H and O–H groups in total. The maximum Gasteiger partial charge on any atom is 0.416 e. The van der Waals surface area contributed by atoms with Gasteiger partial charge in [-0.05, 0) is 29.3 Å². The zero-order chi connectivity index (χ0) is 19.7. The first-order valence-electron chi connectivity index (χ1n) is 7.93. The standard InChI is InChI=1S/C19H14Cl2F3NO2/c20-18(21,11-13-4-2-1-3-5-13)17-25-16(26)15(27-17)10-12-6-8-14(9-7-12)19(22,23)24/h1-10,17H,11H2,(H,25,26). The highest BCUT2D eigenvalue weighted by Crippen LogP contribution is 2.35. The van der Waals surface area contributed by atoms with Crippen molar-refractivity contribution < 1.29 is 22.7 Å². The van der Waals surface area contributed by atoms with Gasteiger partial charge in [-0.3, -0.25) is 4.79 Å². The molecule has 3 nitrogen and oxygen atoms in total. The number of carbonyl (C=O) groups is 1. The highest BCUT2D eigenvalue weighted by Gasteiger charge is 2.43. The third kappa shape index (κ3) is 4.76. The Morgan fingerprint density at radius 3 is 2.26 bits per heavy atom. The number of amides is 1. The van der Waals surface area contributed by atoms with Crippen molar-refractivity contribution in [3.05, 3.63) is 77.0 Å². The third-order valence-electron chi connectivity index (χ3n) is 3.93. The smallest absolute Gasteiger partial charge is 0.416 e. The summed E-state index contributed by atoms with van der Waals surface area (Å²) < 4.78 is 41.9. The van der Waals surface area contributed by atoms with Gasteiger partial charge in [0.25, 0.3) is 5.91 Å². The Hall–Kier alpha value is -2.18. The van der Waals surface area contributed by atoms with Crippen molar-refractivity contribution in [3.63, 3.8) is 0 Å². The predicted octanol–water partition coefficient (Wildman–Crippen LogP) is 4.94. The minimum Gasteiger partial charge on any atom is -0.462 e. The van der Waals surface area contributed by atoms with Gasteiger partial charge in [-0.1, -0.05) is 65.7 Å². The van der Waals surface area contributed by atoms with E-state index in [1.165, 1.54) is 18.2 Å².